The Morgan fingerprint density at radius 3 is 2.70 bits per heavy atom. The van der Waals surface area contributed by atoms with Gasteiger partial charge in [-0.1, -0.05) is 26.0 Å². The Hall–Kier alpha value is -3.66. The van der Waals surface area contributed by atoms with E-state index in [1.54, 1.807) is 7.11 Å². The summed E-state index contributed by atoms with van der Waals surface area (Å²) in [6.45, 7) is 5.50. The molecule has 1 N–H and O–H groups in total. The van der Waals surface area contributed by atoms with Crippen molar-refractivity contribution in [3.63, 3.8) is 0 Å². The first-order chi connectivity index (χ1) is 15.9. The van der Waals surface area contributed by atoms with Crippen molar-refractivity contribution in [2.24, 2.45) is 0 Å². The molecule has 0 aromatic heterocycles. The number of nitrogens with one attached hydrogen (secondary N) is 1. The van der Waals surface area contributed by atoms with E-state index in [0.717, 1.165) is 24.4 Å². The van der Waals surface area contributed by atoms with E-state index in [0.29, 0.717) is 12.3 Å². The number of fused-ring (bicyclic) bond motifs is 1. The normalized spacial score (nSPS) is 13.8. The average Bonchev–Trinajstić information content (AvgIpc) is 2.83. The molecule has 1 atom stereocenters. The van der Waals surface area contributed by atoms with Crippen molar-refractivity contribution < 1.29 is 24.0 Å². The van der Waals surface area contributed by atoms with E-state index in [1.807, 2.05) is 24.3 Å². The molecule has 2 aromatic rings. The number of non-ortho nitro benzene ring substituents is 1. The molecular formula is C23H28N4O6. The van der Waals surface area contributed by atoms with E-state index in [9.17, 15) is 19.7 Å². The summed E-state index contributed by atoms with van der Waals surface area (Å²) in [4.78, 5) is 39.3. The lowest BCUT2D eigenvalue weighted by Crippen LogP contribution is -2.46. The number of nitro benzene ring substituents is 1. The Bertz CT molecular complexity index is 1020. The molecule has 0 bridgehead atoms. The van der Waals surface area contributed by atoms with Gasteiger partial charge in [-0.2, -0.15) is 0 Å². The fourth-order valence-corrected chi connectivity index (χ4v) is 3.86. The molecule has 3 rings (SSSR count). The minimum absolute atomic E-state index is 0.0900. The predicted octanol–water partition coefficient (Wildman–Crippen LogP) is 2.53. The number of amides is 2. The number of ether oxygens (including phenoxy) is 2. The molecule has 10 nitrogen and oxygen atoms in total. The molecular weight excluding hydrogens is 428 g/mol. The van der Waals surface area contributed by atoms with E-state index in [-0.39, 0.29) is 36.5 Å². The van der Waals surface area contributed by atoms with Crippen LogP contribution in [0.1, 0.15) is 25.5 Å². The number of hydrogen-bond donors (Lipinski definition) is 1. The van der Waals surface area contributed by atoms with Gasteiger partial charge < -0.3 is 14.8 Å². The van der Waals surface area contributed by atoms with Crippen molar-refractivity contribution in [2.75, 3.05) is 44.8 Å². The van der Waals surface area contributed by atoms with Crippen LogP contribution < -0.4 is 19.7 Å². The molecule has 0 saturated carbocycles. The zero-order chi connectivity index (χ0) is 24.0. The monoisotopic (exact) mass is 456 g/mol. The molecule has 0 aliphatic carbocycles. The number of nitrogens with zero attached hydrogens (tertiary/aromatic N) is 3. The number of rotatable bonds is 10. The molecule has 33 heavy (non-hydrogen) atoms. The van der Waals surface area contributed by atoms with Crippen LogP contribution in [-0.4, -0.2) is 61.5 Å². The third-order valence-corrected chi connectivity index (χ3v) is 5.62. The molecule has 2 aromatic carbocycles. The van der Waals surface area contributed by atoms with Crippen molar-refractivity contribution >= 4 is 23.2 Å². The highest BCUT2D eigenvalue weighted by Crippen LogP contribution is 2.35. The number of hydrogen-bond acceptors (Lipinski definition) is 7. The topological polar surface area (TPSA) is 114 Å². The Morgan fingerprint density at radius 1 is 1.27 bits per heavy atom. The average molecular weight is 456 g/mol. The number of carbonyl (C=O) groups is 2. The first kappa shape index (κ1) is 24.0. The third-order valence-electron chi connectivity index (χ3n) is 5.62. The van der Waals surface area contributed by atoms with Gasteiger partial charge in [-0.15, -0.1) is 0 Å². The Balaban J connectivity index is 1.76. The maximum Gasteiger partial charge on any atom is 0.271 e. The van der Waals surface area contributed by atoms with E-state index in [1.165, 1.54) is 23.1 Å². The standard InChI is InChI=1S/C23H28N4O6/c1-4-25(5-2)20(16-7-6-8-18(11-16)32-3)13-24-22(28)14-26-19-12-17(27(30)31)9-10-21(19)33-15-23(26)29/h6-12,20H,4-5,13-15H2,1-3H3,(H,24,28). The van der Waals surface area contributed by atoms with Crippen LogP contribution in [-0.2, 0) is 9.59 Å². The zero-order valence-corrected chi connectivity index (χ0v) is 18.9. The second-order valence-electron chi connectivity index (χ2n) is 7.50. The summed E-state index contributed by atoms with van der Waals surface area (Å²) in [7, 11) is 1.61. The van der Waals surface area contributed by atoms with Crippen molar-refractivity contribution in [2.45, 2.75) is 19.9 Å². The summed E-state index contributed by atoms with van der Waals surface area (Å²) >= 11 is 0. The van der Waals surface area contributed by atoms with Gasteiger partial charge in [0, 0.05) is 18.7 Å². The summed E-state index contributed by atoms with van der Waals surface area (Å²) < 4.78 is 10.7. The summed E-state index contributed by atoms with van der Waals surface area (Å²) in [6, 6.07) is 11.6. The molecule has 1 heterocycles. The van der Waals surface area contributed by atoms with Gasteiger partial charge in [-0.25, -0.2) is 0 Å². The first-order valence-electron chi connectivity index (χ1n) is 10.7. The van der Waals surface area contributed by atoms with Gasteiger partial charge in [-0.3, -0.25) is 29.5 Å². The quantitative estimate of drug-likeness (QED) is 0.432. The molecule has 10 heteroatoms. The van der Waals surface area contributed by atoms with Crippen molar-refractivity contribution in [3.8, 4) is 11.5 Å². The smallest absolute Gasteiger partial charge is 0.271 e. The maximum absolute atomic E-state index is 12.8. The molecule has 0 spiro atoms. The van der Waals surface area contributed by atoms with E-state index in [2.05, 4.69) is 24.1 Å². The van der Waals surface area contributed by atoms with Gasteiger partial charge in [0.05, 0.1) is 23.8 Å². The van der Waals surface area contributed by atoms with Crippen LogP contribution in [0.4, 0.5) is 11.4 Å². The van der Waals surface area contributed by atoms with Gasteiger partial charge in [0.25, 0.3) is 11.6 Å². The number of anilines is 1. The van der Waals surface area contributed by atoms with Crippen LogP contribution in [0.25, 0.3) is 0 Å². The predicted molar refractivity (Wildman–Crippen MR) is 123 cm³/mol. The molecule has 1 aliphatic heterocycles. The number of methoxy groups -OCH3 is 1. The number of benzene rings is 2. The van der Waals surface area contributed by atoms with Crippen LogP contribution >= 0.6 is 0 Å². The van der Waals surface area contributed by atoms with E-state index in [4.69, 9.17) is 9.47 Å². The summed E-state index contributed by atoms with van der Waals surface area (Å²) in [5.74, 6) is 0.243. The lowest BCUT2D eigenvalue weighted by molar-refractivity contribution is -0.384. The van der Waals surface area contributed by atoms with E-state index < -0.39 is 10.8 Å². The largest absolute Gasteiger partial charge is 0.497 e. The van der Waals surface area contributed by atoms with Crippen molar-refractivity contribution in [1.29, 1.82) is 0 Å². The minimum atomic E-state index is -0.555. The SMILES string of the molecule is CCN(CC)C(CNC(=O)CN1C(=O)COc2ccc([N+](=O)[O-])cc21)c1cccc(OC)c1. The molecule has 176 valence electrons. The van der Waals surface area contributed by atoms with Crippen LogP contribution in [0.3, 0.4) is 0 Å². The summed E-state index contributed by atoms with van der Waals surface area (Å²) in [5.41, 5.74) is 1.03. The number of nitro groups is 1. The Morgan fingerprint density at radius 2 is 2.03 bits per heavy atom. The van der Waals surface area contributed by atoms with Gasteiger partial charge >= 0.3 is 0 Å². The molecule has 1 aliphatic rings. The lowest BCUT2D eigenvalue weighted by atomic mass is 10.0. The number of carbonyl (C=O) groups excluding carboxylic acids is 2. The van der Waals surface area contributed by atoms with Crippen LogP contribution in [0.2, 0.25) is 0 Å². The van der Waals surface area contributed by atoms with Crippen LogP contribution in [0, 0.1) is 10.1 Å². The molecule has 1 unspecified atom stereocenters. The van der Waals surface area contributed by atoms with Gasteiger partial charge in [0.1, 0.15) is 18.0 Å². The highest BCUT2D eigenvalue weighted by Gasteiger charge is 2.29. The highest BCUT2D eigenvalue weighted by atomic mass is 16.6. The summed E-state index contributed by atoms with van der Waals surface area (Å²) in [6.07, 6.45) is 0. The summed E-state index contributed by atoms with van der Waals surface area (Å²) in [5, 5.41) is 14.1. The second kappa shape index (κ2) is 10.8. The highest BCUT2D eigenvalue weighted by molar-refractivity contribution is 6.02. The third kappa shape index (κ3) is 5.58. The van der Waals surface area contributed by atoms with Gasteiger partial charge in [-0.05, 0) is 36.9 Å². The minimum Gasteiger partial charge on any atom is -0.497 e. The van der Waals surface area contributed by atoms with Crippen molar-refractivity contribution in [1.82, 2.24) is 10.2 Å². The van der Waals surface area contributed by atoms with E-state index >= 15 is 0 Å². The number of likely N-dealkylation sites (N-methyl/N-ethyl adjacent to an activating group) is 1. The Kier molecular flexibility index (Phi) is 7.83. The lowest BCUT2D eigenvalue weighted by Gasteiger charge is -2.31. The molecule has 0 radical (unpaired) electrons. The molecule has 0 saturated heterocycles. The fraction of sp³-hybridized carbons (Fsp3) is 0.391. The Labute approximate surface area is 192 Å². The van der Waals surface area contributed by atoms with Gasteiger partial charge in [0.2, 0.25) is 5.91 Å². The fourth-order valence-electron chi connectivity index (χ4n) is 3.86. The maximum atomic E-state index is 12.8. The first-order valence-corrected chi connectivity index (χ1v) is 10.7. The zero-order valence-electron chi connectivity index (χ0n) is 18.9. The second-order valence-corrected chi connectivity index (χ2v) is 7.50. The molecule has 2 amide bonds. The van der Waals surface area contributed by atoms with Crippen LogP contribution in [0.5, 0.6) is 11.5 Å². The van der Waals surface area contributed by atoms with Crippen molar-refractivity contribution in [3.05, 3.63) is 58.1 Å². The molecule has 0 fully saturated rings. The van der Waals surface area contributed by atoms with Crippen LogP contribution in [0.15, 0.2) is 42.5 Å². The van der Waals surface area contributed by atoms with Gasteiger partial charge in [0.15, 0.2) is 6.61 Å².